The van der Waals surface area contributed by atoms with Crippen molar-refractivity contribution in [1.82, 2.24) is 9.55 Å². The van der Waals surface area contributed by atoms with E-state index >= 15 is 0 Å². The van der Waals surface area contributed by atoms with Crippen LogP contribution in [0.1, 0.15) is 11.4 Å². The van der Waals surface area contributed by atoms with Crippen LogP contribution >= 0.6 is 27.5 Å². The van der Waals surface area contributed by atoms with Crippen molar-refractivity contribution in [3.63, 3.8) is 0 Å². The van der Waals surface area contributed by atoms with Crippen LogP contribution in [0.15, 0.2) is 40.9 Å². The van der Waals surface area contributed by atoms with Gasteiger partial charge in [0.2, 0.25) is 0 Å². The third-order valence-corrected chi connectivity index (χ3v) is 4.33. The smallest absolute Gasteiger partial charge is 0.133 e. The quantitative estimate of drug-likeness (QED) is 0.621. The van der Waals surface area contributed by atoms with E-state index in [-0.39, 0.29) is 0 Å². The number of ether oxygens (including phenoxy) is 1. The number of hydrogen-bond acceptors (Lipinski definition) is 2. The number of methoxy groups -OCH3 is 1. The molecule has 5 heteroatoms. The van der Waals surface area contributed by atoms with Crippen LogP contribution in [0, 0.1) is 6.92 Å². The van der Waals surface area contributed by atoms with Crippen molar-refractivity contribution in [2.45, 2.75) is 12.8 Å². The minimum absolute atomic E-state index is 0.359. The molecule has 2 aromatic carbocycles. The summed E-state index contributed by atoms with van der Waals surface area (Å²) in [5.41, 5.74) is 4.19. The van der Waals surface area contributed by atoms with E-state index in [1.807, 2.05) is 24.3 Å². The molecule has 1 heterocycles. The maximum absolute atomic E-state index is 6.08. The molecule has 0 amide bonds. The number of hydrogen-bond donors (Lipinski definition) is 0. The first kappa shape index (κ1) is 14.4. The lowest BCUT2D eigenvalue weighted by Crippen LogP contribution is -1.99. The number of para-hydroxylation sites is 1. The second-order valence-corrected chi connectivity index (χ2v) is 5.88. The summed E-state index contributed by atoms with van der Waals surface area (Å²) in [6, 6.07) is 12.1. The third kappa shape index (κ3) is 2.43. The monoisotopic (exact) mass is 364 g/mol. The number of aryl methyl sites for hydroxylation is 1. The Balaban J connectivity index is 2.28. The van der Waals surface area contributed by atoms with Crippen LogP contribution < -0.4 is 4.74 Å². The minimum Gasteiger partial charge on any atom is -0.496 e. The molecule has 0 aliphatic heterocycles. The molecule has 0 aliphatic carbocycles. The molecule has 0 atom stereocenters. The van der Waals surface area contributed by atoms with Crippen LogP contribution in [-0.4, -0.2) is 16.7 Å². The van der Waals surface area contributed by atoms with Crippen molar-refractivity contribution >= 4 is 38.6 Å². The van der Waals surface area contributed by atoms with Crippen LogP contribution in [0.3, 0.4) is 0 Å². The average molecular weight is 366 g/mol. The molecule has 3 rings (SSSR count). The zero-order valence-corrected chi connectivity index (χ0v) is 14.1. The van der Waals surface area contributed by atoms with Gasteiger partial charge in [0, 0.05) is 5.69 Å². The van der Waals surface area contributed by atoms with Crippen molar-refractivity contribution in [3.05, 3.63) is 52.3 Å². The topological polar surface area (TPSA) is 27.1 Å². The van der Waals surface area contributed by atoms with Crippen molar-refractivity contribution in [1.29, 1.82) is 0 Å². The molecule has 0 radical (unpaired) electrons. The lowest BCUT2D eigenvalue weighted by atomic mass is 10.2. The number of halogens is 2. The van der Waals surface area contributed by atoms with Gasteiger partial charge in [0.15, 0.2) is 0 Å². The van der Waals surface area contributed by atoms with Gasteiger partial charge in [-0.1, -0.05) is 12.1 Å². The second-order valence-electron chi connectivity index (χ2n) is 4.76. The standard InChI is InChI=1S/C16H14BrClN2O/c1-10-4-3-5-13-16(10)19-15(9-18)20(13)11-6-7-14(21-2)12(17)8-11/h3-8H,9H2,1-2H3. The molecule has 0 saturated heterocycles. The lowest BCUT2D eigenvalue weighted by Gasteiger charge is -2.10. The number of fused-ring (bicyclic) bond motifs is 1. The minimum atomic E-state index is 0.359. The summed E-state index contributed by atoms with van der Waals surface area (Å²) in [5.74, 6) is 1.99. The maximum atomic E-state index is 6.08. The first-order valence-corrected chi connectivity index (χ1v) is 7.85. The summed E-state index contributed by atoms with van der Waals surface area (Å²) in [6.45, 7) is 2.06. The Bertz CT molecular complexity index is 813. The zero-order valence-electron chi connectivity index (χ0n) is 11.7. The molecule has 1 aromatic heterocycles. The Hall–Kier alpha value is -1.52. The van der Waals surface area contributed by atoms with E-state index < -0.39 is 0 Å². The highest BCUT2D eigenvalue weighted by atomic mass is 79.9. The Morgan fingerprint density at radius 3 is 2.76 bits per heavy atom. The van der Waals surface area contributed by atoms with E-state index in [9.17, 15) is 0 Å². The van der Waals surface area contributed by atoms with Gasteiger partial charge in [0.25, 0.3) is 0 Å². The summed E-state index contributed by atoms with van der Waals surface area (Å²) in [6.07, 6.45) is 0. The predicted molar refractivity (Wildman–Crippen MR) is 89.6 cm³/mol. The molecule has 0 saturated carbocycles. The van der Waals surface area contributed by atoms with Crippen molar-refractivity contribution in [2.75, 3.05) is 7.11 Å². The van der Waals surface area contributed by atoms with E-state index in [2.05, 4.69) is 44.5 Å². The fraction of sp³-hybridized carbons (Fsp3) is 0.188. The number of nitrogens with zero attached hydrogens (tertiary/aromatic N) is 2. The lowest BCUT2D eigenvalue weighted by molar-refractivity contribution is 0.412. The first-order chi connectivity index (χ1) is 10.2. The van der Waals surface area contributed by atoms with Gasteiger partial charge in [-0.15, -0.1) is 11.6 Å². The molecule has 21 heavy (non-hydrogen) atoms. The van der Waals surface area contributed by atoms with E-state index in [0.717, 1.165) is 38.3 Å². The molecule has 108 valence electrons. The van der Waals surface area contributed by atoms with Gasteiger partial charge in [0.05, 0.1) is 28.5 Å². The fourth-order valence-electron chi connectivity index (χ4n) is 2.46. The number of rotatable bonds is 3. The molecule has 3 nitrogen and oxygen atoms in total. The van der Waals surface area contributed by atoms with Crippen LogP contribution in [0.4, 0.5) is 0 Å². The normalized spacial score (nSPS) is 11.0. The molecule has 0 N–H and O–H groups in total. The Kier molecular flexibility index (Phi) is 3.91. The molecule has 3 aromatic rings. The Morgan fingerprint density at radius 2 is 2.10 bits per heavy atom. The van der Waals surface area contributed by atoms with Crippen molar-refractivity contribution < 1.29 is 4.74 Å². The van der Waals surface area contributed by atoms with Gasteiger partial charge in [-0.3, -0.25) is 4.57 Å². The van der Waals surface area contributed by atoms with E-state index in [0.29, 0.717) is 5.88 Å². The highest BCUT2D eigenvalue weighted by molar-refractivity contribution is 9.10. The Labute approximate surface area is 136 Å². The number of benzene rings is 2. The fourth-order valence-corrected chi connectivity index (χ4v) is 3.17. The van der Waals surface area contributed by atoms with Crippen LogP contribution in [0.2, 0.25) is 0 Å². The Morgan fingerprint density at radius 1 is 1.29 bits per heavy atom. The van der Waals surface area contributed by atoms with Gasteiger partial charge < -0.3 is 4.74 Å². The molecular weight excluding hydrogens is 352 g/mol. The first-order valence-electron chi connectivity index (χ1n) is 6.52. The number of alkyl halides is 1. The predicted octanol–water partition coefficient (Wildman–Crippen LogP) is 4.84. The average Bonchev–Trinajstić information content (AvgIpc) is 2.87. The van der Waals surface area contributed by atoms with Gasteiger partial charge in [0.1, 0.15) is 11.6 Å². The summed E-state index contributed by atoms with van der Waals surface area (Å²) >= 11 is 9.61. The zero-order chi connectivity index (χ0) is 15.0. The van der Waals surface area contributed by atoms with Crippen LogP contribution in [-0.2, 0) is 5.88 Å². The SMILES string of the molecule is COc1ccc(-n2c(CCl)nc3c(C)cccc32)cc1Br. The highest BCUT2D eigenvalue weighted by Crippen LogP contribution is 2.30. The van der Waals surface area contributed by atoms with Gasteiger partial charge >= 0.3 is 0 Å². The van der Waals surface area contributed by atoms with E-state index in [4.69, 9.17) is 16.3 Å². The molecule has 0 fully saturated rings. The highest BCUT2D eigenvalue weighted by Gasteiger charge is 2.14. The number of imidazole rings is 1. The molecule has 0 aliphatic rings. The maximum Gasteiger partial charge on any atom is 0.133 e. The van der Waals surface area contributed by atoms with Crippen molar-refractivity contribution in [3.8, 4) is 11.4 Å². The molecule has 0 bridgehead atoms. The summed E-state index contributed by atoms with van der Waals surface area (Å²) in [4.78, 5) is 4.66. The third-order valence-electron chi connectivity index (χ3n) is 3.47. The number of aromatic nitrogens is 2. The summed E-state index contributed by atoms with van der Waals surface area (Å²) in [5, 5.41) is 0. The van der Waals surface area contributed by atoms with Crippen LogP contribution in [0.25, 0.3) is 16.7 Å². The van der Waals surface area contributed by atoms with Crippen LogP contribution in [0.5, 0.6) is 5.75 Å². The van der Waals surface area contributed by atoms with E-state index in [1.54, 1.807) is 7.11 Å². The largest absolute Gasteiger partial charge is 0.496 e. The van der Waals surface area contributed by atoms with E-state index in [1.165, 1.54) is 0 Å². The summed E-state index contributed by atoms with van der Waals surface area (Å²) < 4.78 is 8.27. The summed E-state index contributed by atoms with van der Waals surface area (Å²) in [7, 11) is 1.65. The second kappa shape index (κ2) is 5.70. The van der Waals surface area contributed by atoms with Gasteiger partial charge in [-0.25, -0.2) is 4.98 Å². The molecule has 0 spiro atoms. The molecule has 0 unspecified atom stereocenters. The van der Waals surface area contributed by atoms with Gasteiger partial charge in [-0.05, 0) is 52.7 Å². The van der Waals surface area contributed by atoms with Crippen molar-refractivity contribution in [2.24, 2.45) is 0 Å². The van der Waals surface area contributed by atoms with Gasteiger partial charge in [-0.2, -0.15) is 0 Å². The molecular formula is C16H14BrClN2O.